The summed E-state index contributed by atoms with van der Waals surface area (Å²) in [5, 5.41) is 0. The summed E-state index contributed by atoms with van der Waals surface area (Å²) in [5.74, 6) is 1.58. The molecule has 0 aromatic heterocycles. The summed E-state index contributed by atoms with van der Waals surface area (Å²) in [6, 6.07) is 7.30. The van der Waals surface area contributed by atoms with Crippen LogP contribution >= 0.6 is 0 Å². The molecule has 1 aromatic carbocycles. The quantitative estimate of drug-likeness (QED) is 0.790. The monoisotopic (exact) mass is 290 g/mol. The number of amides is 1. The number of hydrogen-bond acceptors (Lipinski definition) is 4. The van der Waals surface area contributed by atoms with Gasteiger partial charge < -0.3 is 14.9 Å². The van der Waals surface area contributed by atoms with Crippen LogP contribution in [0.4, 0.5) is 0 Å². The van der Waals surface area contributed by atoms with Crippen LogP contribution in [0.15, 0.2) is 36.5 Å². The molecule has 1 amide bonds. The maximum atomic E-state index is 12.0. The first-order chi connectivity index (χ1) is 10.1. The fourth-order valence-electron chi connectivity index (χ4n) is 1.90. The van der Waals surface area contributed by atoms with E-state index in [4.69, 9.17) is 9.47 Å². The molecule has 1 heterocycles. The van der Waals surface area contributed by atoms with Crippen LogP contribution in [-0.4, -0.2) is 18.6 Å². The van der Waals surface area contributed by atoms with E-state index in [-0.39, 0.29) is 12.5 Å². The molecule has 1 atom stereocenters. The van der Waals surface area contributed by atoms with Crippen molar-refractivity contribution in [2.45, 2.75) is 32.8 Å². The van der Waals surface area contributed by atoms with Gasteiger partial charge in [-0.15, -0.1) is 0 Å². The number of benzene rings is 1. The van der Waals surface area contributed by atoms with E-state index in [1.807, 2.05) is 18.2 Å². The number of carbonyl (C=O) groups is 1. The Morgan fingerprint density at radius 1 is 1.33 bits per heavy atom. The van der Waals surface area contributed by atoms with Gasteiger partial charge in [0.15, 0.2) is 11.5 Å². The van der Waals surface area contributed by atoms with E-state index in [0.29, 0.717) is 17.4 Å². The highest BCUT2D eigenvalue weighted by Crippen LogP contribution is 2.30. The van der Waals surface area contributed by atoms with Gasteiger partial charge in [-0.25, -0.2) is 0 Å². The highest BCUT2D eigenvalue weighted by molar-refractivity contribution is 5.81. The predicted octanol–water partition coefficient (Wildman–Crippen LogP) is 2.40. The lowest BCUT2D eigenvalue weighted by Crippen LogP contribution is -2.48. The van der Waals surface area contributed by atoms with Gasteiger partial charge in [0.25, 0.3) is 5.91 Å². The molecule has 5 heteroatoms. The minimum atomic E-state index is -0.662. The first kappa shape index (κ1) is 15.2. The summed E-state index contributed by atoms with van der Waals surface area (Å²) in [5.41, 5.74) is 6.23. The van der Waals surface area contributed by atoms with Gasteiger partial charge in [0.2, 0.25) is 6.10 Å². The Labute approximate surface area is 125 Å². The fourth-order valence-corrected chi connectivity index (χ4v) is 1.90. The van der Waals surface area contributed by atoms with Crippen molar-refractivity contribution in [3.05, 3.63) is 36.5 Å². The number of nitrogens with one attached hydrogen (secondary N) is 2. The molecule has 1 aliphatic rings. The maximum absolute atomic E-state index is 12.0. The molecule has 0 spiro atoms. The van der Waals surface area contributed by atoms with Crippen LogP contribution in [0.5, 0.6) is 11.5 Å². The number of rotatable bonds is 6. The molecule has 114 valence electrons. The van der Waals surface area contributed by atoms with Gasteiger partial charge in [-0.3, -0.25) is 10.2 Å². The van der Waals surface area contributed by atoms with Crippen molar-refractivity contribution in [3.63, 3.8) is 0 Å². The zero-order valence-electron chi connectivity index (χ0n) is 12.5. The molecule has 0 aliphatic carbocycles. The topological polar surface area (TPSA) is 59.6 Å². The second kappa shape index (κ2) is 7.02. The van der Waals surface area contributed by atoms with E-state index in [2.05, 4.69) is 31.3 Å². The summed E-state index contributed by atoms with van der Waals surface area (Å²) < 4.78 is 11.1. The lowest BCUT2D eigenvalue weighted by Gasteiger charge is -2.25. The van der Waals surface area contributed by atoms with Gasteiger partial charge in [0, 0.05) is 5.70 Å². The first-order valence-electron chi connectivity index (χ1n) is 7.18. The van der Waals surface area contributed by atoms with Crippen molar-refractivity contribution in [1.29, 1.82) is 0 Å². The summed E-state index contributed by atoms with van der Waals surface area (Å²) in [6.45, 7) is 8.38. The SMILES string of the molecule is C=C(CCC(C)C)NNC(=O)[C@H]1COc2ccccc2O1. The van der Waals surface area contributed by atoms with Crippen LogP contribution in [-0.2, 0) is 4.79 Å². The van der Waals surface area contributed by atoms with Crippen LogP contribution < -0.4 is 20.3 Å². The van der Waals surface area contributed by atoms with Crippen LogP contribution in [0.2, 0.25) is 0 Å². The number of hydrogen-bond donors (Lipinski definition) is 2. The van der Waals surface area contributed by atoms with E-state index in [0.717, 1.165) is 18.5 Å². The van der Waals surface area contributed by atoms with Crippen LogP contribution in [0, 0.1) is 5.92 Å². The van der Waals surface area contributed by atoms with Gasteiger partial charge in [0.1, 0.15) is 6.61 Å². The Hall–Kier alpha value is -2.17. The third-order valence-corrected chi connectivity index (χ3v) is 3.19. The van der Waals surface area contributed by atoms with E-state index in [1.165, 1.54) is 0 Å². The Balaban J connectivity index is 1.78. The predicted molar refractivity (Wildman–Crippen MR) is 80.8 cm³/mol. The highest BCUT2D eigenvalue weighted by Gasteiger charge is 2.27. The number of hydrazine groups is 1. The third kappa shape index (κ3) is 4.41. The maximum Gasteiger partial charge on any atom is 0.282 e. The second-order valence-corrected chi connectivity index (χ2v) is 5.51. The molecule has 2 rings (SSSR count). The van der Waals surface area contributed by atoms with E-state index >= 15 is 0 Å². The lowest BCUT2D eigenvalue weighted by molar-refractivity contribution is -0.131. The van der Waals surface area contributed by atoms with Crippen LogP contribution in [0.3, 0.4) is 0 Å². The Morgan fingerprint density at radius 2 is 2.05 bits per heavy atom. The molecule has 1 aromatic rings. The van der Waals surface area contributed by atoms with Crippen molar-refractivity contribution in [1.82, 2.24) is 10.9 Å². The summed E-state index contributed by atoms with van der Waals surface area (Å²) in [7, 11) is 0. The molecule has 0 bridgehead atoms. The van der Waals surface area contributed by atoms with Gasteiger partial charge in [-0.1, -0.05) is 32.6 Å². The van der Waals surface area contributed by atoms with E-state index < -0.39 is 6.10 Å². The Morgan fingerprint density at radius 3 is 2.76 bits per heavy atom. The minimum Gasteiger partial charge on any atom is -0.485 e. The van der Waals surface area contributed by atoms with E-state index in [1.54, 1.807) is 6.07 Å². The second-order valence-electron chi connectivity index (χ2n) is 5.51. The van der Waals surface area contributed by atoms with Gasteiger partial charge in [-0.05, 0) is 30.9 Å². The first-order valence-corrected chi connectivity index (χ1v) is 7.18. The molecular formula is C16H22N2O3. The zero-order valence-corrected chi connectivity index (χ0v) is 12.5. The van der Waals surface area contributed by atoms with Crippen molar-refractivity contribution in [2.24, 2.45) is 5.92 Å². The van der Waals surface area contributed by atoms with Crippen LogP contribution in [0.1, 0.15) is 26.7 Å². The molecule has 21 heavy (non-hydrogen) atoms. The minimum absolute atomic E-state index is 0.197. The molecule has 0 saturated heterocycles. The smallest absolute Gasteiger partial charge is 0.282 e. The van der Waals surface area contributed by atoms with Crippen molar-refractivity contribution >= 4 is 5.91 Å². The molecule has 0 saturated carbocycles. The van der Waals surface area contributed by atoms with Gasteiger partial charge in [-0.2, -0.15) is 0 Å². The fraction of sp³-hybridized carbons (Fsp3) is 0.438. The van der Waals surface area contributed by atoms with Crippen molar-refractivity contribution in [3.8, 4) is 11.5 Å². The van der Waals surface area contributed by atoms with Gasteiger partial charge in [0.05, 0.1) is 0 Å². The number of allylic oxidation sites excluding steroid dienone is 1. The van der Waals surface area contributed by atoms with Crippen molar-refractivity contribution in [2.75, 3.05) is 6.61 Å². The Bertz CT molecular complexity index is 514. The molecular weight excluding hydrogens is 268 g/mol. The molecule has 5 nitrogen and oxygen atoms in total. The van der Waals surface area contributed by atoms with Crippen LogP contribution in [0.25, 0.3) is 0 Å². The summed E-state index contributed by atoms with van der Waals surface area (Å²) in [4.78, 5) is 12.0. The Kier molecular flexibility index (Phi) is 5.09. The molecule has 0 fully saturated rings. The van der Waals surface area contributed by atoms with Crippen molar-refractivity contribution < 1.29 is 14.3 Å². The molecule has 2 N–H and O–H groups in total. The lowest BCUT2D eigenvalue weighted by atomic mass is 10.1. The molecule has 0 unspecified atom stereocenters. The number of ether oxygens (including phenoxy) is 2. The standard InChI is InChI=1S/C16H22N2O3/c1-11(2)8-9-12(3)17-18-16(19)15-10-20-13-6-4-5-7-14(13)21-15/h4-7,11,15,17H,3,8-10H2,1-2H3,(H,18,19)/t15-/m1/s1. The average Bonchev–Trinajstić information content (AvgIpc) is 2.50. The molecule has 0 radical (unpaired) electrons. The third-order valence-electron chi connectivity index (χ3n) is 3.19. The number of carbonyl (C=O) groups excluding carboxylic acids is 1. The molecule has 1 aliphatic heterocycles. The summed E-state index contributed by atoms with van der Waals surface area (Å²) in [6.07, 6.45) is 1.19. The number of para-hydroxylation sites is 2. The van der Waals surface area contributed by atoms with E-state index in [9.17, 15) is 4.79 Å². The van der Waals surface area contributed by atoms with Gasteiger partial charge >= 0.3 is 0 Å². The largest absolute Gasteiger partial charge is 0.485 e. The zero-order chi connectivity index (χ0) is 15.2. The normalized spacial score (nSPS) is 16.4. The average molecular weight is 290 g/mol. The highest BCUT2D eigenvalue weighted by atomic mass is 16.6. The summed E-state index contributed by atoms with van der Waals surface area (Å²) >= 11 is 0. The number of fused-ring (bicyclic) bond motifs is 1.